The molecule has 0 saturated heterocycles. The summed E-state index contributed by atoms with van der Waals surface area (Å²) in [5.41, 5.74) is 0. The zero-order valence-corrected chi connectivity index (χ0v) is 18.1. The van der Waals surface area contributed by atoms with Crippen molar-refractivity contribution in [3.05, 3.63) is 24.3 Å². The number of ether oxygens (including phenoxy) is 1. The molecule has 1 rings (SSSR count). The van der Waals surface area contributed by atoms with Gasteiger partial charge in [-0.1, -0.05) is 50.5 Å². The van der Waals surface area contributed by atoms with Gasteiger partial charge in [-0.3, -0.25) is 4.79 Å². The Kier molecular flexibility index (Phi) is 13.9. The molecule has 0 spiro atoms. The second-order valence-corrected chi connectivity index (χ2v) is 8.18. The first kappa shape index (κ1) is 26.8. The molecule has 1 aliphatic rings. The van der Waals surface area contributed by atoms with Crippen molar-refractivity contribution in [2.45, 2.75) is 89.1 Å². The van der Waals surface area contributed by atoms with Crippen molar-refractivity contribution in [2.24, 2.45) is 11.8 Å². The van der Waals surface area contributed by atoms with Gasteiger partial charge in [-0.15, -0.1) is 0 Å². The summed E-state index contributed by atoms with van der Waals surface area (Å²) in [4.78, 5) is 11.5. The van der Waals surface area contributed by atoms with E-state index in [1.165, 1.54) is 0 Å². The number of allylic oxidation sites excluding steroid dienone is 2. The molecule has 7 heteroatoms. The summed E-state index contributed by atoms with van der Waals surface area (Å²) in [6, 6.07) is 0. The van der Waals surface area contributed by atoms with E-state index in [0.29, 0.717) is 32.1 Å². The lowest BCUT2D eigenvalue weighted by molar-refractivity contribution is -0.147. The highest BCUT2D eigenvalue weighted by atomic mass is 16.5. The molecule has 0 heterocycles. The molecule has 0 bridgehead atoms. The van der Waals surface area contributed by atoms with Gasteiger partial charge in [0.15, 0.2) is 0 Å². The number of aliphatic hydroxyl groups excluding tert-OH is 5. The minimum absolute atomic E-state index is 0.0970. The summed E-state index contributed by atoms with van der Waals surface area (Å²) < 4.78 is 4.84. The van der Waals surface area contributed by atoms with Crippen LogP contribution in [0.5, 0.6) is 0 Å². The van der Waals surface area contributed by atoms with Crippen LogP contribution in [-0.4, -0.2) is 69.1 Å². The van der Waals surface area contributed by atoms with Gasteiger partial charge in [0.2, 0.25) is 0 Å². The highest BCUT2D eigenvalue weighted by Gasteiger charge is 2.39. The number of carbonyl (C=O) groups is 1. The van der Waals surface area contributed by atoms with Gasteiger partial charge in [0.25, 0.3) is 0 Å². The van der Waals surface area contributed by atoms with Gasteiger partial charge in [0, 0.05) is 18.8 Å². The Bertz CT molecular complexity index is 520. The molecular weight excluding hydrogens is 388 g/mol. The summed E-state index contributed by atoms with van der Waals surface area (Å²) in [5, 5.41) is 48.4. The van der Waals surface area contributed by atoms with E-state index in [2.05, 4.69) is 6.92 Å². The van der Waals surface area contributed by atoms with Crippen molar-refractivity contribution < 1.29 is 35.1 Å². The second kappa shape index (κ2) is 15.5. The number of carbonyl (C=O) groups excluding carboxylic acids is 1. The minimum Gasteiger partial charge on any atom is -0.463 e. The van der Waals surface area contributed by atoms with Gasteiger partial charge in [-0.2, -0.15) is 0 Å². The van der Waals surface area contributed by atoms with Gasteiger partial charge >= 0.3 is 5.97 Å². The van der Waals surface area contributed by atoms with Crippen LogP contribution in [0, 0.1) is 11.8 Å². The lowest BCUT2D eigenvalue weighted by Crippen LogP contribution is -2.21. The SMILES string of the molecule is CCCCC[C@H](O)/C=C/[C@H]1[C@@H](C/C=C\CCCC(=O)OC[C@@H](O)CO)[C@@H](O)C[C@H]1O. The van der Waals surface area contributed by atoms with Crippen molar-refractivity contribution in [1.29, 1.82) is 0 Å². The van der Waals surface area contributed by atoms with E-state index in [-0.39, 0.29) is 24.9 Å². The minimum atomic E-state index is -1.04. The molecule has 0 unspecified atom stereocenters. The summed E-state index contributed by atoms with van der Waals surface area (Å²) >= 11 is 0. The highest BCUT2D eigenvalue weighted by molar-refractivity contribution is 5.69. The number of rotatable bonds is 15. The molecule has 0 aromatic rings. The van der Waals surface area contributed by atoms with Crippen molar-refractivity contribution in [2.75, 3.05) is 13.2 Å². The zero-order valence-electron chi connectivity index (χ0n) is 18.1. The first-order valence-electron chi connectivity index (χ1n) is 11.2. The van der Waals surface area contributed by atoms with Gasteiger partial charge in [-0.25, -0.2) is 0 Å². The summed E-state index contributed by atoms with van der Waals surface area (Å²) in [7, 11) is 0. The van der Waals surface area contributed by atoms with Gasteiger partial charge in [0.05, 0.1) is 24.9 Å². The summed E-state index contributed by atoms with van der Waals surface area (Å²) in [6.45, 7) is 1.48. The standard InChI is InChI=1S/C23H40O7/c1-2-3-6-9-17(25)12-13-20-19(21(27)14-22(20)28)10-7-4-5-8-11-23(29)30-16-18(26)15-24/h4,7,12-13,17-22,24-28H,2-3,5-6,8-11,14-16H2,1H3/b7-4-,13-12+/t17-,18-,19+,20-,21-,22+/m0/s1. The smallest absolute Gasteiger partial charge is 0.305 e. The first-order chi connectivity index (χ1) is 14.4. The lowest BCUT2D eigenvalue weighted by atomic mass is 9.89. The van der Waals surface area contributed by atoms with Crippen molar-refractivity contribution in [1.82, 2.24) is 0 Å². The first-order valence-corrected chi connectivity index (χ1v) is 11.2. The fourth-order valence-electron chi connectivity index (χ4n) is 3.71. The van der Waals surface area contributed by atoms with Crippen molar-refractivity contribution >= 4 is 5.97 Å². The van der Waals surface area contributed by atoms with E-state index in [1.807, 2.05) is 18.2 Å². The maximum absolute atomic E-state index is 11.5. The molecule has 0 radical (unpaired) electrons. The van der Waals surface area contributed by atoms with Crippen LogP contribution in [0.1, 0.15) is 64.7 Å². The van der Waals surface area contributed by atoms with Crippen molar-refractivity contribution in [3.63, 3.8) is 0 Å². The molecule has 1 saturated carbocycles. The van der Waals surface area contributed by atoms with Crippen LogP contribution >= 0.6 is 0 Å². The van der Waals surface area contributed by atoms with Crippen LogP contribution in [-0.2, 0) is 9.53 Å². The molecule has 0 aromatic heterocycles. The molecule has 1 aliphatic carbocycles. The zero-order chi connectivity index (χ0) is 22.4. The average molecular weight is 429 g/mol. The number of hydrogen-bond acceptors (Lipinski definition) is 7. The Labute approximate surface area is 180 Å². The molecular formula is C23H40O7. The maximum atomic E-state index is 11.5. The summed E-state index contributed by atoms with van der Waals surface area (Å²) in [6.07, 6.45) is 11.1. The van der Waals surface area contributed by atoms with Crippen LogP contribution in [0.2, 0.25) is 0 Å². The van der Waals surface area contributed by atoms with E-state index in [0.717, 1.165) is 19.3 Å². The third-order valence-electron chi connectivity index (χ3n) is 5.55. The molecule has 0 aromatic carbocycles. The van der Waals surface area contributed by atoms with E-state index >= 15 is 0 Å². The highest BCUT2D eigenvalue weighted by Crippen LogP contribution is 2.36. The molecule has 174 valence electrons. The number of unbranched alkanes of at least 4 members (excludes halogenated alkanes) is 3. The second-order valence-electron chi connectivity index (χ2n) is 8.18. The van der Waals surface area contributed by atoms with Crippen molar-refractivity contribution in [3.8, 4) is 0 Å². The molecule has 6 atom stereocenters. The van der Waals surface area contributed by atoms with Gasteiger partial charge in [-0.05, 0) is 31.6 Å². The lowest BCUT2D eigenvalue weighted by Gasteiger charge is -2.19. The fourth-order valence-corrected chi connectivity index (χ4v) is 3.71. The Hall–Kier alpha value is -1.25. The van der Waals surface area contributed by atoms with Crippen LogP contribution in [0.15, 0.2) is 24.3 Å². The van der Waals surface area contributed by atoms with Crippen LogP contribution in [0.25, 0.3) is 0 Å². The normalized spacial score (nSPS) is 26.5. The number of hydrogen-bond donors (Lipinski definition) is 5. The van der Waals surface area contributed by atoms with E-state index < -0.39 is 37.0 Å². The molecule has 1 fully saturated rings. The monoisotopic (exact) mass is 428 g/mol. The van der Waals surface area contributed by atoms with E-state index in [4.69, 9.17) is 14.9 Å². The van der Waals surface area contributed by atoms with Crippen LogP contribution in [0.3, 0.4) is 0 Å². The van der Waals surface area contributed by atoms with Gasteiger partial charge < -0.3 is 30.3 Å². The fraction of sp³-hybridized carbons (Fsp3) is 0.783. The molecule has 30 heavy (non-hydrogen) atoms. The number of aliphatic hydroxyl groups is 5. The van der Waals surface area contributed by atoms with E-state index in [9.17, 15) is 20.1 Å². The van der Waals surface area contributed by atoms with Gasteiger partial charge in [0.1, 0.15) is 12.7 Å². The predicted molar refractivity (Wildman–Crippen MR) is 115 cm³/mol. The quantitative estimate of drug-likeness (QED) is 0.153. The largest absolute Gasteiger partial charge is 0.463 e. The predicted octanol–water partition coefficient (Wildman–Crippen LogP) is 1.85. The van der Waals surface area contributed by atoms with E-state index in [1.54, 1.807) is 6.08 Å². The topological polar surface area (TPSA) is 127 Å². The van der Waals surface area contributed by atoms with Crippen LogP contribution < -0.4 is 0 Å². The maximum Gasteiger partial charge on any atom is 0.305 e. The Balaban J connectivity index is 2.36. The summed E-state index contributed by atoms with van der Waals surface area (Å²) in [5.74, 6) is -0.688. The Morgan fingerprint density at radius 3 is 2.60 bits per heavy atom. The Morgan fingerprint density at radius 1 is 1.13 bits per heavy atom. The average Bonchev–Trinajstić information content (AvgIpc) is 2.99. The third-order valence-corrected chi connectivity index (χ3v) is 5.55. The van der Waals surface area contributed by atoms with Crippen LogP contribution in [0.4, 0.5) is 0 Å². The third kappa shape index (κ3) is 10.7. The molecule has 5 N–H and O–H groups in total. The number of esters is 1. The molecule has 7 nitrogen and oxygen atoms in total. The Morgan fingerprint density at radius 2 is 1.90 bits per heavy atom. The molecule has 0 amide bonds. The molecule has 0 aliphatic heterocycles.